The number of nitrogens with one attached hydrogen (secondary N) is 2. The first-order valence-corrected chi connectivity index (χ1v) is 10.7. The molecule has 0 radical (unpaired) electrons. The van der Waals surface area contributed by atoms with Crippen LogP contribution in [0.2, 0.25) is 0 Å². The van der Waals surface area contributed by atoms with Crippen LogP contribution in [0.4, 0.5) is 4.79 Å². The van der Waals surface area contributed by atoms with Gasteiger partial charge in [0.25, 0.3) is 0 Å². The number of amides is 2. The first kappa shape index (κ1) is 25.6. The largest absolute Gasteiger partial charge is 0.459 e. The smallest absolute Gasteiger partial charge is 0.408 e. The number of ether oxygens (including phenoxy) is 2. The minimum Gasteiger partial charge on any atom is -0.459 e. The molecule has 0 heterocycles. The van der Waals surface area contributed by atoms with Gasteiger partial charge in [0.2, 0.25) is 5.91 Å². The molecule has 8 heteroatoms. The van der Waals surface area contributed by atoms with E-state index in [0.717, 1.165) is 16.7 Å². The average Bonchev–Trinajstić information content (AvgIpc) is 2.63. The Hall–Kier alpha value is -2.48. The maximum Gasteiger partial charge on any atom is 0.408 e. The Morgan fingerprint density at radius 2 is 1.77 bits per heavy atom. The van der Waals surface area contributed by atoms with Crippen molar-refractivity contribution in [3.63, 3.8) is 0 Å². The summed E-state index contributed by atoms with van der Waals surface area (Å²) in [5.41, 5.74) is -0.691. The molecular weight excluding hydrogens is 404 g/mol. The molecular formula is C22H32N2O5S. The minimum atomic E-state index is -0.977. The summed E-state index contributed by atoms with van der Waals surface area (Å²) < 4.78 is 10.4. The van der Waals surface area contributed by atoms with Crippen molar-refractivity contribution in [1.29, 1.82) is 0 Å². The topological polar surface area (TPSA) is 93.7 Å². The number of carbonyl (C=O) groups excluding carboxylic acids is 3. The Bertz CT molecular complexity index is 716. The molecule has 1 aromatic carbocycles. The molecule has 2 amide bonds. The highest BCUT2D eigenvalue weighted by molar-refractivity contribution is 8.00. The molecule has 1 rings (SSSR count). The van der Waals surface area contributed by atoms with Gasteiger partial charge in [-0.05, 0) is 45.2 Å². The number of hydrogen-bond acceptors (Lipinski definition) is 6. The summed E-state index contributed by atoms with van der Waals surface area (Å²) in [6.45, 7) is 12.7. The molecule has 0 bridgehead atoms. The van der Waals surface area contributed by atoms with Gasteiger partial charge in [-0.15, -0.1) is 0 Å². The SMILES string of the molecule is C=CCOC(=O)C(NC(=O)[C@H](CC(C)C)NC(=O)OC(C)(C)C)Sc1ccccc1. The van der Waals surface area contributed by atoms with Crippen LogP contribution in [-0.2, 0) is 19.1 Å². The third kappa shape index (κ3) is 10.3. The number of hydrogen-bond donors (Lipinski definition) is 2. The lowest BCUT2D eigenvalue weighted by molar-refractivity contribution is -0.144. The van der Waals surface area contributed by atoms with Crippen LogP contribution in [0.5, 0.6) is 0 Å². The van der Waals surface area contributed by atoms with Gasteiger partial charge in [0, 0.05) is 4.90 Å². The molecule has 30 heavy (non-hydrogen) atoms. The van der Waals surface area contributed by atoms with Crippen LogP contribution in [0, 0.1) is 5.92 Å². The number of thioether (sulfide) groups is 1. The lowest BCUT2D eigenvalue weighted by Crippen LogP contribution is -2.52. The maximum atomic E-state index is 12.9. The Morgan fingerprint density at radius 3 is 2.30 bits per heavy atom. The summed E-state index contributed by atoms with van der Waals surface area (Å²) in [6.07, 6.45) is 1.15. The summed E-state index contributed by atoms with van der Waals surface area (Å²) in [5.74, 6) is -0.958. The lowest BCUT2D eigenvalue weighted by Gasteiger charge is -2.25. The second-order valence-electron chi connectivity index (χ2n) is 8.07. The fourth-order valence-electron chi connectivity index (χ4n) is 2.37. The number of benzene rings is 1. The minimum absolute atomic E-state index is 0.0339. The van der Waals surface area contributed by atoms with Crippen LogP contribution >= 0.6 is 11.8 Å². The van der Waals surface area contributed by atoms with Crippen LogP contribution in [-0.4, -0.2) is 41.6 Å². The molecule has 0 saturated carbocycles. The molecule has 1 unspecified atom stereocenters. The standard InChI is InChI=1S/C22H32N2O5S/c1-7-13-28-20(26)19(30-16-11-9-8-10-12-16)24-18(25)17(14-15(2)3)23-21(27)29-22(4,5)6/h7-12,15,17,19H,1,13-14H2,2-6H3,(H,23,27)(H,24,25)/t17-,19?/m0/s1. The van der Waals surface area contributed by atoms with Crippen LogP contribution in [0.3, 0.4) is 0 Å². The maximum absolute atomic E-state index is 12.9. The van der Waals surface area contributed by atoms with Crippen LogP contribution in [0.25, 0.3) is 0 Å². The Labute approximate surface area is 183 Å². The van der Waals surface area contributed by atoms with Gasteiger partial charge in [0.1, 0.15) is 18.2 Å². The Balaban J connectivity index is 2.94. The normalized spacial score (nSPS) is 13.1. The first-order valence-electron chi connectivity index (χ1n) is 9.81. The predicted octanol–water partition coefficient (Wildman–Crippen LogP) is 3.89. The fraction of sp³-hybridized carbons (Fsp3) is 0.500. The van der Waals surface area contributed by atoms with E-state index in [1.807, 2.05) is 44.2 Å². The third-order valence-electron chi connectivity index (χ3n) is 3.54. The molecule has 0 aliphatic heterocycles. The van der Waals surface area contributed by atoms with Crippen LogP contribution in [0.15, 0.2) is 47.9 Å². The molecule has 0 aromatic heterocycles. The van der Waals surface area contributed by atoms with Crippen molar-refractivity contribution in [1.82, 2.24) is 10.6 Å². The van der Waals surface area contributed by atoms with Crippen molar-refractivity contribution in [2.75, 3.05) is 6.61 Å². The highest BCUT2D eigenvalue weighted by atomic mass is 32.2. The molecule has 0 aliphatic carbocycles. The number of carbonyl (C=O) groups is 3. The van der Waals surface area contributed by atoms with E-state index in [2.05, 4.69) is 17.2 Å². The second kappa shape index (κ2) is 12.3. The molecule has 1 aromatic rings. The van der Waals surface area contributed by atoms with E-state index >= 15 is 0 Å². The molecule has 0 spiro atoms. The summed E-state index contributed by atoms with van der Waals surface area (Å²) in [7, 11) is 0. The van der Waals surface area contributed by atoms with Crippen molar-refractivity contribution in [2.45, 2.75) is 63.0 Å². The molecule has 2 N–H and O–H groups in total. The summed E-state index contributed by atoms with van der Waals surface area (Å²) in [4.78, 5) is 38.4. The van der Waals surface area contributed by atoms with E-state index in [-0.39, 0.29) is 12.5 Å². The van der Waals surface area contributed by atoms with Gasteiger partial charge >= 0.3 is 12.1 Å². The number of alkyl carbamates (subject to hydrolysis) is 1. The predicted molar refractivity (Wildman–Crippen MR) is 118 cm³/mol. The van der Waals surface area contributed by atoms with Gasteiger partial charge in [0.05, 0.1) is 0 Å². The molecule has 0 fully saturated rings. The summed E-state index contributed by atoms with van der Waals surface area (Å²) >= 11 is 1.16. The van der Waals surface area contributed by atoms with Crippen molar-refractivity contribution in [3.05, 3.63) is 43.0 Å². The van der Waals surface area contributed by atoms with Crippen molar-refractivity contribution < 1.29 is 23.9 Å². The summed E-state index contributed by atoms with van der Waals surface area (Å²) in [6, 6.07) is 8.33. The highest BCUT2D eigenvalue weighted by Gasteiger charge is 2.30. The van der Waals surface area contributed by atoms with E-state index < -0.39 is 35.0 Å². The van der Waals surface area contributed by atoms with E-state index in [0.29, 0.717) is 6.42 Å². The van der Waals surface area contributed by atoms with Gasteiger partial charge in [-0.3, -0.25) is 4.79 Å². The summed E-state index contributed by atoms with van der Waals surface area (Å²) in [5, 5.41) is 4.32. The quantitative estimate of drug-likeness (QED) is 0.250. The van der Waals surface area contributed by atoms with E-state index in [4.69, 9.17) is 9.47 Å². The van der Waals surface area contributed by atoms with Gasteiger partial charge in [-0.2, -0.15) is 0 Å². The lowest BCUT2D eigenvalue weighted by atomic mass is 10.0. The number of rotatable bonds is 10. The Kier molecular flexibility index (Phi) is 10.5. The molecule has 166 valence electrons. The van der Waals surface area contributed by atoms with E-state index in [9.17, 15) is 14.4 Å². The zero-order chi connectivity index (χ0) is 22.7. The number of esters is 1. The zero-order valence-electron chi connectivity index (χ0n) is 18.3. The van der Waals surface area contributed by atoms with Crippen molar-refractivity contribution in [2.24, 2.45) is 5.92 Å². The van der Waals surface area contributed by atoms with Crippen molar-refractivity contribution >= 4 is 29.7 Å². The van der Waals surface area contributed by atoms with E-state index in [1.54, 1.807) is 20.8 Å². The zero-order valence-corrected chi connectivity index (χ0v) is 19.1. The van der Waals surface area contributed by atoms with E-state index in [1.165, 1.54) is 6.08 Å². The molecule has 7 nitrogen and oxygen atoms in total. The molecule has 2 atom stereocenters. The van der Waals surface area contributed by atoms with Gasteiger partial charge in [0.15, 0.2) is 5.37 Å². The van der Waals surface area contributed by atoms with Gasteiger partial charge in [-0.25, -0.2) is 9.59 Å². The van der Waals surface area contributed by atoms with Crippen molar-refractivity contribution in [3.8, 4) is 0 Å². The average molecular weight is 437 g/mol. The Morgan fingerprint density at radius 1 is 1.13 bits per heavy atom. The third-order valence-corrected chi connectivity index (χ3v) is 4.63. The molecule has 0 aliphatic rings. The second-order valence-corrected chi connectivity index (χ2v) is 9.25. The van der Waals surface area contributed by atoms with Crippen LogP contribution in [0.1, 0.15) is 41.0 Å². The first-order chi connectivity index (χ1) is 14.0. The fourth-order valence-corrected chi connectivity index (χ4v) is 3.30. The van der Waals surface area contributed by atoms with Gasteiger partial charge < -0.3 is 20.1 Å². The van der Waals surface area contributed by atoms with Crippen LogP contribution < -0.4 is 10.6 Å². The van der Waals surface area contributed by atoms with Gasteiger partial charge in [-0.1, -0.05) is 56.5 Å². The monoisotopic (exact) mass is 436 g/mol. The highest BCUT2D eigenvalue weighted by Crippen LogP contribution is 2.23. The molecule has 0 saturated heterocycles.